The number of urea groups is 1. The van der Waals surface area contributed by atoms with Crippen LogP contribution in [-0.2, 0) is 11.3 Å². The summed E-state index contributed by atoms with van der Waals surface area (Å²) in [5, 5.41) is 3.12. The highest BCUT2D eigenvalue weighted by molar-refractivity contribution is 5.73. The van der Waals surface area contributed by atoms with Crippen LogP contribution in [0.25, 0.3) is 0 Å². The molecule has 2 saturated heterocycles. The van der Waals surface area contributed by atoms with Crippen LogP contribution in [0.4, 0.5) is 4.79 Å². The quantitative estimate of drug-likeness (QED) is 0.862. The number of amides is 2. The van der Waals surface area contributed by atoms with Gasteiger partial charge in [0.2, 0.25) is 0 Å². The minimum absolute atomic E-state index is 0.0238. The Labute approximate surface area is 151 Å². The Kier molecular flexibility index (Phi) is 6.70. The van der Waals surface area contributed by atoms with Gasteiger partial charge in [0.05, 0.1) is 6.10 Å². The molecule has 2 aliphatic rings. The highest BCUT2D eigenvalue weighted by Crippen LogP contribution is 2.18. The summed E-state index contributed by atoms with van der Waals surface area (Å²) in [5.41, 5.74) is 1.36. The molecule has 25 heavy (non-hydrogen) atoms. The summed E-state index contributed by atoms with van der Waals surface area (Å²) in [5.74, 6) is 0.539. The number of rotatable bonds is 6. The molecule has 2 atom stereocenters. The Morgan fingerprint density at radius 3 is 2.88 bits per heavy atom. The summed E-state index contributed by atoms with van der Waals surface area (Å²) >= 11 is 0. The van der Waals surface area contributed by atoms with Crippen LogP contribution in [0.2, 0.25) is 0 Å². The molecule has 1 aromatic carbocycles. The fraction of sp³-hybridized carbons (Fsp3) is 0.650. The van der Waals surface area contributed by atoms with Gasteiger partial charge in [-0.25, -0.2) is 4.79 Å². The maximum absolute atomic E-state index is 12.3. The van der Waals surface area contributed by atoms with Crippen molar-refractivity contribution in [2.45, 2.75) is 38.3 Å². The maximum atomic E-state index is 12.3. The van der Waals surface area contributed by atoms with Crippen molar-refractivity contribution in [1.29, 1.82) is 0 Å². The summed E-state index contributed by atoms with van der Waals surface area (Å²) in [7, 11) is 1.86. The van der Waals surface area contributed by atoms with Crippen LogP contribution >= 0.6 is 0 Å². The molecule has 0 aromatic heterocycles. The molecule has 138 valence electrons. The lowest BCUT2D eigenvalue weighted by atomic mass is 9.97. The van der Waals surface area contributed by atoms with Crippen molar-refractivity contribution in [2.24, 2.45) is 5.92 Å². The fourth-order valence-corrected chi connectivity index (χ4v) is 3.85. The fourth-order valence-electron chi connectivity index (χ4n) is 3.85. The first kappa shape index (κ1) is 18.2. The third-order valence-electron chi connectivity index (χ3n) is 5.24. The number of benzene rings is 1. The predicted molar refractivity (Wildman–Crippen MR) is 99.4 cm³/mol. The van der Waals surface area contributed by atoms with Gasteiger partial charge in [-0.15, -0.1) is 0 Å². The van der Waals surface area contributed by atoms with Crippen molar-refractivity contribution in [1.82, 2.24) is 15.1 Å². The van der Waals surface area contributed by atoms with Crippen molar-refractivity contribution in [3.05, 3.63) is 35.9 Å². The topological polar surface area (TPSA) is 44.8 Å². The van der Waals surface area contributed by atoms with E-state index in [2.05, 4.69) is 40.5 Å². The number of piperidine rings is 1. The number of hydrogen-bond donors (Lipinski definition) is 1. The Bertz CT molecular complexity index is 531. The second-order valence-corrected chi connectivity index (χ2v) is 7.43. The Hall–Kier alpha value is -1.59. The molecule has 5 heteroatoms. The van der Waals surface area contributed by atoms with Crippen LogP contribution in [0, 0.1) is 5.92 Å². The molecule has 0 radical (unpaired) electrons. The van der Waals surface area contributed by atoms with Crippen molar-refractivity contribution >= 4 is 6.03 Å². The molecule has 0 saturated carbocycles. The number of nitrogens with one attached hydrogen (secondary N) is 1. The second kappa shape index (κ2) is 9.20. The third kappa shape index (κ3) is 5.72. The smallest absolute Gasteiger partial charge is 0.317 e. The number of hydrogen-bond acceptors (Lipinski definition) is 3. The number of likely N-dealkylation sites (tertiary alicyclic amines) is 1. The van der Waals surface area contributed by atoms with Crippen molar-refractivity contribution in [3.63, 3.8) is 0 Å². The standard InChI is InChI=1S/C20H31N3O2/c1-22(16-19-10-6-12-25-19)20(24)21-13-18-9-5-11-23(15-18)14-17-7-3-2-4-8-17/h2-4,7-8,18-19H,5-6,9-16H2,1H3,(H,21,24)/t18-,19+/m1/s1. The zero-order chi connectivity index (χ0) is 17.5. The first-order valence-corrected chi connectivity index (χ1v) is 9.57. The lowest BCUT2D eigenvalue weighted by molar-refractivity contribution is 0.0868. The van der Waals surface area contributed by atoms with E-state index < -0.39 is 0 Å². The van der Waals surface area contributed by atoms with Gasteiger partial charge in [-0.2, -0.15) is 0 Å². The van der Waals surface area contributed by atoms with Crippen LogP contribution in [0.3, 0.4) is 0 Å². The van der Waals surface area contributed by atoms with Gasteiger partial charge in [-0.1, -0.05) is 30.3 Å². The largest absolute Gasteiger partial charge is 0.376 e. The monoisotopic (exact) mass is 345 g/mol. The van der Waals surface area contributed by atoms with E-state index in [4.69, 9.17) is 4.74 Å². The van der Waals surface area contributed by atoms with E-state index in [1.54, 1.807) is 4.90 Å². The molecule has 0 bridgehead atoms. The number of nitrogens with zero attached hydrogens (tertiary/aromatic N) is 2. The molecule has 1 N–H and O–H groups in total. The summed E-state index contributed by atoms with van der Waals surface area (Å²) in [4.78, 5) is 16.6. The molecule has 3 rings (SSSR count). The van der Waals surface area contributed by atoms with E-state index in [1.165, 1.54) is 18.4 Å². The minimum Gasteiger partial charge on any atom is -0.376 e. The van der Waals surface area contributed by atoms with E-state index in [0.29, 0.717) is 12.5 Å². The zero-order valence-corrected chi connectivity index (χ0v) is 15.3. The summed E-state index contributed by atoms with van der Waals surface area (Å²) in [6.07, 6.45) is 4.79. The van der Waals surface area contributed by atoms with Gasteiger partial charge in [0.25, 0.3) is 0 Å². The van der Waals surface area contributed by atoms with E-state index in [1.807, 2.05) is 7.05 Å². The molecule has 0 unspecified atom stereocenters. The molecule has 0 spiro atoms. The van der Waals surface area contributed by atoms with Gasteiger partial charge in [0.1, 0.15) is 0 Å². The van der Waals surface area contributed by atoms with Crippen molar-refractivity contribution in [2.75, 3.05) is 39.8 Å². The molecule has 2 heterocycles. The minimum atomic E-state index is 0.0238. The third-order valence-corrected chi connectivity index (χ3v) is 5.24. The van der Waals surface area contributed by atoms with E-state index in [-0.39, 0.29) is 12.1 Å². The number of ether oxygens (including phenoxy) is 1. The van der Waals surface area contributed by atoms with Gasteiger partial charge in [-0.05, 0) is 43.7 Å². The Morgan fingerprint density at radius 2 is 2.12 bits per heavy atom. The predicted octanol–water partition coefficient (Wildman–Crippen LogP) is 2.72. The van der Waals surface area contributed by atoms with Gasteiger partial charge in [0, 0.05) is 39.8 Å². The van der Waals surface area contributed by atoms with Crippen LogP contribution in [0.15, 0.2) is 30.3 Å². The van der Waals surface area contributed by atoms with Gasteiger partial charge in [-0.3, -0.25) is 4.90 Å². The van der Waals surface area contributed by atoms with Crippen molar-refractivity contribution in [3.8, 4) is 0 Å². The van der Waals surface area contributed by atoms with Gasteiger partial charge in [0.15, 0.2) is 0 Å². The second-order valence-electron chi connectivity index (χ2n) is 7.43. The lowest BCUT2D eigenvalue weighted by Gasteiger charge is -2.33. The van der Waals surface area contributed by atoms with Crippen molar-refractivity contribution < 1.29 is 9.53 Å². The van der Waals surface area contributed by atoms with Crippen LogP contribution in [0.5, 0.6) is 0 Å². The summed E-state index contributed by atoms with van der Waals surface area (Å²) in [6, 6.07) is 10.7. The molecule has 1 aromatic rings. The normalized spacial score (nSPS) is 24.2. The van der Waals surface area contributed by atoms with Gasteiger partial charge >= 0.3 is 6.03 Å². The highest BCUT2D eigenvalue weighted by atomic mass is 16.5. The average Bonchev–Trinajstić information content (AvgIpc) is 3.14. The molecule has 0 aliphatic carbocycles. The molecule has 2 fully saturated rings. The Balaban J connectivity index is 1.39. The highest BCUT2D eigenvalue weighted by Gasteiger charge is 2.23. The SMILES string of the molecule is CN(C[C@@H]1CCCO1)C(=O)NC[C@H]1CCCN(Cc2ccccc2)C1. The number of carbonyl (C=O) groups excluding carboxylic acids is 1. The van der Waals surface area contributed by atoms with Crippen LogP contribution < -0.4 is 5.32 Å². The molecular formula is C20H31N3O2. The van der Waals surface area contributed by atoms with Crippen LogP contribution in [0.1, 0.15) is 31.2 Å². The number of carbonyl (C=O) groups is 1. The summed E-state index contributed by atoms with van der Waals surface area (Å²) < 4.78 is 5.61. The van der Waals surface area contributed by atoms with E-state index >= 15 is 0 Å². The molecule has 2 aliphatic heterocycles. The zero-order valence-electron chi connectivity index (χ0n) is 15.3. The first-order valence-electron chi connectivity index (χ1n) is 9.57. The summed E-state index contributed by atoms with van der Waals surface area (Å²) in [6.45, 7) is 5.50. The van der Waals surface area contributed by atoms with Crippen LogP contribution in [-0.4, -0.2) is 61.8 Å². The molecule has 2 amide bonds. The van der Waals surface area contributed by atoms with Gasteiger partial charge < -0.3 is 15.0 Å². The first-order chi connectivity index (χ1) is 12.2. The van der Waals surface area contributed by atoms with E-state index in [0.717, 1.165) is 45.6 Å². The average molecular weight is 345 g/mol. The number of likely N-dealkylation sites (N-methyl/N-ethyl adjacent to an activating group) is 1. The lowest BCUT2D eigenvalue weighted by Crippen LogP contribution is -2.45. The Morgan fingerprint density at radius 1 is 1.28 bits per heavy atom. The molecular weight excluding hydrogens is 314 g/mol. The maximum Gasteiger partial charge on any atom is 0.317 e. The molecule has 5 nitrogen and oxygen atoms in total. The van der Waals surface area contributed by atoms with E-state index in [9.17, 15) is 4.79 Å².